The summed E-state index contributed by atoms with van der Waals surface area (Å²) in [5.41, 5.74) is 0.282. The van der Waals surface area contributed by atoms with E-state index in [1.54, 1.807) is 59.1 Å². The number of amides is 2. The molecule has 0 aliphatic heterocycles. The third kappa shape index (κ3) is 6.95. The lowest BCUT2D eigenvalue weighted by Gasteiger charge is -2.22. The number of anilines is 1. The highest BCUT2D eigenvalue weighted by Crippen LogP contribution is 2.26. The normalized spacial score (nSPS) is 11.9. The molecule has 1 aromatic heterocycles. The zero-order valence-electron chi connectivity index (χ0n) is 18.2. The lowest BCUT2D eigenvalue weighted by Crippen LogP contribution is -2.45. The van der Waals surface area contributed by atoms with E-state index in [1.165, 1.54) is 0 Å². The quantitative estimate of drug-likeness (QED) is 0.694. The third-order valence-electron chi connectivity index (χ3n) is 3.98. The first kappa shape index (κ1) is 23.0. The Balaban J connectivity index is 2.03. The van der Waals surface area contributed by atoms with Crippen molar-refractivity contribution in [3.63, 3.8) is 0 Å². The van der Waals surface area contributed by atoms with Crippen LogP contribution in [0.15, 0.2) is 36.4 Å². The average molecular weight is 415 g/mol. The van der Waals surface area contributed by atoms with E-state index in [0.29, 0.717) is 23.9 Å². The van der Waals surface area contributed by atoms with E-state index in [1.807, 2.05) is 19.1 Å². The van der Waals surface area contributed by atoms with Gasteiger partial charge >= 0.3 is 6.09 Å². The molecule has 2 rings (SSSR count). The van der Waals surface area contributed by atoms with Gasteiger partial charge in [-0.25, -0.2) is 4.79 Å². The number of aryl methyl sites for hydroxylation is 1. The lowest BCUT2D eigenvalue weighted by molar-refractivity contribution is -0.118. The summed E-state index contributed by atoms with van der Waals surface area (Å²) in [6, 6.07) is 9.72. The molecule has 1 aromatic carbocycles. The molecule has 0 bridgehead atoms. The summed E-state index contributed by atoms with van der Waals surface area (Å²) in [5, 5.41) is 5.27. The van der Waals surface area contributed by atoms with E-state index in [2.05, 4.69) is 15.6 Å². The van der Waals surface area contributed by atoms with Crippen LogP contribution in [-0.2, 0) is 9.53 Å². The van der Waals surface area contributed by atoms with Crippen molar-refractivity contribution in [3.05, 3.63) is 42.0 Å². The molecule has 2 N–H and O–H groups in total. The van der Waals surface area contributed by atoms with Gasteiger partial charge in [-0.2, -0.15) is 4.98 Å². The van der Waals surface area contributed by atoms with Crippen molar-refractivity contribution in [1.29, 1.82) is 0 Å². The van der Waals surface area contributed by atoms with Gasteiger partial charge in [0.2, 0.25) is 11.8 Å². The Morgan fingerprint density at radius 1 is 1.17 bits per heavy atom. The fourth-order valence-electron chi connectivity index (χ4n) is 2.59. The summed E-state index contributed by atoms with van der Waals surface area (Å²) in [6.45, 7) is 8.98. The molecule has 0 saturated carbocycles. The number of hydrogen-bond acceptors (Lipinski definition) is 6. The highest BCUT2D eigenvalue weighted by Gasteiger charge is 2.23. The summed E-state index contributed by atoms with van der Waals surface area (Å²) in [4.78, 5) is 28.8. The molecule has 8 heteroatoms. The number of methoxy groups -OCH3 is 1. The van der Waals surface area contributed by atoms with Crippen LogP contribution in [-0.4, -0.2) is 35.7 Å². The van der Waals surface area contributed by atoms with Gasteiger partial charge in [0, 0.05) is 6.07 Å². The summed E-state index contributed by atoms with van der Waals surface area (Å²) in [6.07, 6.45) is -0.253. The number of hydrogen-bond donors (Lipinski definition) is 2. The molecule has 2 amide bonds. The zero-order valence-corrected chi connectivity index (χ0v) is 18.2. The molecule has 1 atom stereocenters. The van der Waals surface area contributed by atoms with Crippen LogP contribution >= 0.6 is 0 Å². The monoisotopic (exact) mass is 415 g/mol. The Hall–Kier alpha value is -3.29. The Bertz CT molecular complexity index is 893. The lowest BCUT2D eigenvalue weighted by atomic mass is 10.2. The predicted molar refractivity (Wildman–Crippen MR) is 114 cm³/mol. The fourth-order valence-corrected chi connectivity index (χ4v) is 2.59. The highest BCUT2D eigenvalue weighted by molar-refractivity contribution is 5.95. The second-order valence-corrected chi connectivity index (χ2v) is 7.69. The molecule has 30 heavy (non-hydrogen) atoms. The van der Waals surface area contributed by atoms with Crippen LogP contribution in [0.25, 0.3) is 0 Å². The smallest absolute Gasteiger partial charge is 0.408 e. The number of carbonyl (C=O) groups excluding carboxylic acids is 2. The van der Waals surface area contributed by atoms with Gasteiger partial charge in [0.1, 0.15) is 29.0 Å². The van der Waals surface area contributed by atoms with Crippen molar-refractivity contribution in [1.82, 2.24) is 10.3 Å². The molecule has 0 radical (unpaired) electrons. The van der Waals surface area contributed by atoms with Gasteiger partial charge in [-0.3, -0.25) is 4.79 Å². The number of ether oxygens (including phenoxy) is 3. The number of nitrogens with one attached hydrogen (secondary N) is 2. The maximum atomic E-state index is 12.6. The summed E-state index contributed by atoms with van der Waals surface area (Å²) in [5.74, 6) is 1.60. The first-order valence-corrected chi connectivity index (χ1v) is 9.71. The first-order valence-electron chi connectivity index (χ1n) is 9.71. The molecule has 0 fully saturated rings. The van der Waals surface area contributed by atoms with Crippen LogP contribution in [0.5, 0.6) is 17.4 Å². The van der Waals surface area contributed by atoms with Gasteiger partial charge < -0.3 is 24.8 Å². The molecular weight excluding hydrogens is 386 g/mol. The second kappa shape index (κ2) is 9.96. The van der Waals surface area contributed by atoms with Crippen molar-refractivity contribution in [3.8, 4) is 17.4 Å². The Kier molecular flexibility index (Phi) is 7.63. The number of rotatable bonds is 7. The largest absolute Gasteiger partial charge is 0.496 e. The number of alkyl carbamates (subject to hydrolysis) is 1. The third-order valence-corrected chi connectivity index (χ3v) is 3.98. The van der Waals surface area contributed by atoms with Crippen LogP contribution in [0.4, 0.5) is 10.6 Å². The standard InChI is InChI=1S/C22H29N3O5/c1-7-16(23-21(27)30-22(3,4)5)20(26)25-18-9-8-10-19(24-18)29-15-11-12-17(28-6)14(2)13-15/h8-13,16H,7H2,1-6H3,(H,23,27)(H,24,25,26)/t16-/m1/s1. The fraction of sp³-hybridized carbons (Fsp3) is 0.409. The molecule has 0 saturated heterocycles. The Morgan fingerprint density at radius 2 is 1.90 bits per heavy atom. The minimum atomic E-state index is -0.754. The van der Waals surface area contributed by atoms with E-state index in [-0.39, 0.29) is 0 Å². The molecule has 0 unspecified atom stereocenters. The topological polar surface area (TPSA) is 98.8 Å². The van der Waals surface area contributed by atoms with Crippen molar-refractivity contribution in [2.24, 2.45) is 0 Å². The van der Waals surface area contributed by atoms with Gasteiger partial charge in [-0.05, 0) is 63.9 Å². The van der Waals surface area contributed by atoms with Crippen LogP contribution in [0.3, 0.4) is 0 Å². The van der Waals surface area contributed by atoms with Crippen LogP contribution < -0.4 is 20.1 Å². The van der Waals surface area contributed by atoms with Gasteiger partial charge in [-0.15, -0.1) is 0 Å². The maximum absolute atomic E-state index is 12.6. The van der Waals surface area contributed by atoms with E-state index >= 15 is 0 Å². The second-order valence-electron chi connectivity index (χ2n) is 7.69. The maximum Gasteiger partial charge on any atom is 0.408 e. The molecule has 0 spiro atoms. The molecule has 8 nitrogen and oxygen atoms in total. The van der Waals surface area contributed by atoms with Crippen LogP contribution in [0.2, 0.25) is 0 Å². The SMILES string of the molecule is CC[C@@H](NC(=O)OC(C)(C)C)C(=O)Nc1cccc(Oc2ccc(OC)c(C)c2)n1. The molecular formula is C22H29N3O5. The summed E-state index contributed by atoms with van der Waals surface area (Å²) in [7, 11) is 1.61. The molecule has 1 heterocycles. The van der Waals surface area contributed by atoms with Crippen LogP contribution in [0, 0.1) is 6.92 Å². The molecule has 2 aromatic rings. The predicted octanol–water partition coefficient (Wildman–Crippen LogP) is 4.43. The zero-order chi connectivity index (χ0) is 22.3. The number of nitrogens with zero attached hydrogens (tertiary/aromatic N) is 1. The number of pyridine rings is 1. The average Bonchev–Trinajstić information content (AvgIpc) is 2.65. The minimum Gasteiger partial charge on any atom is -0.496 e. The molecule has 0 aliphatic rings. The number of aromatic nitrogens is 1. The molecule has 0 aliphatic carbocycles. The number of benzene rings is 1. The van der Waals surface area contributed by atoms with E-state index in [4.69, 9.17) is 14.2 Å². The van der Waals surface area contributed by atoms with Gasteiger partial charge in [0.05, 0.1) is 7.11 Å². The van der Waals surface area contributed by atoms with E-state index in [0.717, 1.165) is 11.3 Å². The Morgan fingerprint density at radius 3 is 2.50 bits per heavy atom. The van der Waals surface area contributed by atoms with Crippen molar-refractivity contribution in [2.45, 2.75) is 52.7 Å². The number of carbonyl (C=O) groups is 2. The minimum absolute atomic E-state index is 0.312. The van der Waals surface area contributed by atoms with Crippen LogP contribution in [0.1, 0.15) is 39.7 Å². The van der Waals surface area contributed by atoms with E-state index < -0.39 is 23.6 Å². The van der Waals surface area contributed by atoms with Gasteiger partial charge in [0.15, 0.2) is 0 Å². The van der Waals surface area contributed by atoms with Gasteiger partial charge in [0.25, 0.3) is 0 Å². The van der Waals surface area contributed by atoms with E-state index in [9.17, 15) is 9.59 Å². The van der Waals surface area contributed by atoms with Crippen molar-refractivity contribution >= 4 is 17.8 Å². The molecule has 162 valence electrons. The van der Waals surface area contributed by atoms with Crippen molar-refractivity contribution in [2.75, 3.05) is 12.4 Å². The highest BCUT2D eigenvalue weighted by atomic mass is 16.6. The summed E-state index contributed by atoms with van der Waals surface area (Å²) >= 11 is 0. The summed E-state index contributed by atoms with van der Waals surface area (Å²) < 4.78 is 16.2. The Labute approximate surface area is 176 Å². The first-order chi connectivity index (χ1) is 14.1. The van der Waals surface area contributed by atoms with Crippen molar-refractivity contribution < 1.29 is 23.8 Å². The van der Waals surface area contributed by atoms with Gasteiger partial charge in [-0.1, -0.05) is 13.0 Å².